The molecular weight excluding hydrogens is 182 g/mol. The molecule has 0 aromatic heterocycles. The molecule has 1 saturated carbocycles. The molecule has 1 aliphatic carbocycles. The summed E-state index contributed by atoms with van der Waals surface area (Å²) in [5.74, 6) is 0.0515. The van der Waals surface area contributed by atoms with Gasteiger partial charge in [0, 0.05) is 19.6 Å². The van der Waals surface area contributed by atoms with E-state index >= 15 is 0 Å². The summed E-state index contributed by atoms with van der Waals surface area (Å²) in [5, 5.41) is 5.61. The normalized spacial score (nSPS) is 26.9. The summed E-state index contributed by atoms with van der Waals surface area (Å²) in [4.78, 5) is 24.4. The molecule has 2 rings (SSSR count). The molecule has 1 aliphatic heterocycles. The van der Waals surface area contributed by atoms with Crippen molar-refractivity contribution in [2.75, 3.05) is 20.1 Å². The van der Waals surface area contributed by atoms with E-state index in [0.717, 1.165) is 12.8 Å². The van der Waals surface area contributed by atoms with E-state index in [2.05, 4.69) is 10.6 Å². The van der Waals surface area contributed by atoms with Gasteiger partial charge >= 0.3 is 0 Å². The SMILES string of the molecule is CN(C(=O)C1CNC(=O)CN1)C1CC1. The Morgan fingerprint density at radius 2 is 2.21 bits per heavy atom. The lowest BCUT2D eigenvalue weighted by Crippen LogP contribution is -2.58. The van der Waals surface area contributed by atoms with Crippen molar-refractivity contribution in [3.05, 3.63) is 0 Å². The average Bonchev–Trinajstić information content (AvgIpc) is 3.00. The van der Waals surface area contributed by atoms with E-state index in [9.17, 15) is 9.59 Å². The molecule has 1 atom stereocenters. The molecule has 78 valence electrons. The van der Waals surface area contributed by atoms with E-state index in [1.54, 1.807) is 4.90 Å². The van der Waals surface area contributed by atoms with Crippen LogP contribution in [0.5, 0.6) is 0 Å². The van der Waals surface area contributed by atoms with Crippen LogP contribution in [0.1, 0.15) is 12.8 Å². The minimum Gasteiger partial charge on any atom is -0.353 e. The fourth-order valence-electron chi connectivity index (χ4n) is 1.63. The lowest BCUT2D eigenvalue weighted by atomic mass is 10.2. The number of carbonyl (C=O) groups excluding carboxylic acids is 2. The Balaban J connectivity index is 1.87. The fourth-order valence-corrected chi connectivity index (χ4v) is 1.63. The number of nitrogens with zero attached hydrogens (tertiary/aromatic N) is 1. The van der Waals surface area contributed by atoms with E-state index in [1.165, 1.54) is 0 Å². The molecule has 0 aromatic rings. The zero-order valence-corrected chi connectivity index (χ0v) is 8.25. The van der Waals surface area contributed by atoms with Crippen LogP contribution in [0.2, 0.25) is 0 Å². The van der Waals surface area contributed by atoms with Crippen LogP contribution in [-0.2, 0) is 9.59 Å². The van der Waals surface area contributed by atoms with Crippen LogP contribution in [-0.4, -0.2) is 48.9 Å². The highest BCUT2D eigenvalue weighted by Crippen LogP contribution is 2.25. The number of amides is 2. The van der Waals surface area contributed by atoms with Gasteiger partial charge in [0.1, 0.15) is 6.04 Å². The molecule has 2 amide bonds. The highest BCUT2D eigenvalue weighted by atomic mass is 16.2. The highest BCUT2D eigenvalue weighted by molar-refractivity contribution is 5.87. The average molecular weight is 197 g/mol. The van der Waals surface area contributed by atoms with E-state index in [-0.39, 0.29) is 24.4 Å². The van der Waals surface area contributed by atoms with Crippen LogP contribution < -0.4 is 10.6 Å². The molecular formula is C9H15N3O2. The predicted octanol–water partition coefficient (Wildman–Crippen LogP) is -1.30. The van der Waals surface area contributed by atoms with E-state index in [0.29, 0.717) is 12.6 Å². The molecule has 1 unspecified atom stereocenters. The molecule has 1 saturated heterocycles. The molecule has 2 fully saturated rings. The maximum Gasteiger partial charge on any atom is 0.241 e. The van der Waals surface area contributed by atoms with Crippen molar-refractivity contribution in [3.63, 3.8) is 0 Å². The molecule has 5 nitrogen and oxygen atoms in total. The van der Waals surface area contributed by atoms with Crippen molar-refractivity contribution in [1.29, 1.82) is 0 Å². The van der Waals surface area contributed by atoms with Gasteiger partial charge in [-0.05, 0) is 12.8 Å². The van der Waals surface area contributed by atoms with Gasteiger partial charge in [0.15, 0.2) is 0 Å². The van der Waals surface area contributed by atoms with Crippen molar-refractivity contribution in [1.82, 2.24) is 15.5 Å². The number of hydrogen-bond acceptors (Lipinski definition) is 3. The van der Waals surface area contributed by atoms with Gasteiger partial charge in [0.05, 0.1) is 6.54 Å². The summed E-state index contributed by atoms with van der Waals surface area (Å²) in [6.45, 7) is 0.656. The zero-order valence-electron chi connectivity index (χ0n) is 8.25. The summed E-state index contributed by atoms with van der Waals surface area (Å²) >= 11 is 0. The van der Waals surface area contributed by atoms with Gasteiger partial charge in [-0.3, -0.25) is 14.9 Å². The number of rotatable bonds is 2. The Hall–Kier alpha value is -1.10. The van der Waals surface area contributed by atoms with Gasteiger partial charge in [-0.15, -0.1) is 0 Å². The van der Waals surface area contributed by atoms with Gasteiger partial charge in [-0.25, -0.2) is 0 Å². The third kappa shape index (κ3) is 1.87. The van der Waals surface area contributed by atoms with Gasteiger partial charge in [0.25, 0.3) is 0 Å². The number of hydrogen-bond donors (Lipinski definition) is 2. The van der Waals surface area contributed by atoms with Gasteiger partial charge in [-0.2, -0.15) is 0 Å². The largest absolute Gasteiger partial charge is 0.353 e. The maximum absolute atomic E-state index is 11.8. The summed E-state index contributed by atoms with van der Waals surface area (Å²) in [7, 11) is 1.83. The summed E-state index contributed by atoms with van der Waals surface area (Å²) in [6.07, 6.45) is 2.22. The zero-order chi connectivity index (χ0) is 10.1. The minimum absolute atomic E-state index is 0.0388. The van der Waals surface area contributed by atoms with Crippen LogP contribution in [0.4, 0.5) is 0 Å². The topological polar surface area (TPSA) is 61.4 Å². The Bertz CT molecular complexity index is 253. The lowest BCUT2D eigenvalue weighted by molar-refractivity contribution is -0.134. The van der Waals surface area contributed by atoms with Gasteiger partial charge in [-0.1, -0.05) is 0 Å². The maximum atomic E-state index is 11.8. The first-order chi connectivity index (χ1) is 6.68. The van der Waals surface area contributed by atoms with E-state index in [4.69, 9.17) is 0 Å². The molecule has 2 aliphatic rings. The van der Waals surface area contributed by atoms with Crippen LogP contribution in [0.15, 0.2) is 0 Å². The first-order valence-corrected chi connectivity index (χ1v) is 4.95. The summed E-state index contributed by atoms with van der Waals surface area (Å²) in [6, 6.07) is 0.195. The van der Waals surface area contributed by atoms with Crippen molar-refractivity contribution >= 4 is 11.8 Å². The predicted molar refractivity (Wildman–Crippen MR) is 50.6 cm³/mol. The van der Waals surface area contributed by atoms with Crippen LogP contribution >= 0.6 is 0 Å². The molecule has 0 spiro atoms. The smallest absolute Gasteiger partial charge is 0.241 e. The highest BCUT2D eigenvalue weighted by Gasteiger charge is 2.34. The number of carbonyl (C=O) groups is 2. The van der Waals surface area contributed by atoms with Crippen molar-refractivity contribution in [2.24, 2.45) is 0 Å². The van der Waals surface area contributed by atoms with E-state index in [1.807, 2.05) is 7.05 Å². The lowest BCUT2D eigenvalue weighted by Gasteiger charge is -2.27. The van der Waals surface area contributed by atoms with Crippen LogP contribution in [0.3, 0.4) is 0 Å². The summed E-state index contributed by atoms with van der Waals surface area (Å²) in [5.41, 5.74) is 0. The van der Waals surface area contributed by atoms with Crippen molar-refractivity contribution < 1.29 is 9.59 Å². The number of piperazine rings is 1. The molecule has 2 N–H and O–H groups in total. The second-order valence-electron chi connectivity index (χ2n) is 3.92. The van der Waals surface area contributed by atoms with Crippen molar-refractivity contribution in [3.8, 4) is 0 Å². The molecule has 1 heterocycles. The van der Waals surface area contributed by atoms with Crippen molar-refractivity contribution in [2.45, 2.75) is 24.9 Å². The Kier molecular flexibility index (Phi) is 2.41. The second-order valence-corrected chi connectivity index (χ2v) is 3.92. The fraction of sp³-hybridized carbons (Fsp3) is 0.778. The van der Waals surface area contributed by atoms with Crippen LogP contribution in [0.25, 0.3) is 0 Å². The second kappa shape index (κ2) is 3.57. The Labute approximate surface area is 82.8 Å². The third-order valence-corrected chi connectivity index (χ3v) is 2.75. The van der Waals surface area contributed by atoms with Gasteiger partial charge < -0.3 is 10.2 Å². The molecule has 0 bridgehead atoms. The van der Waals surface area contributed by atoms with Crippen LogP contribution in [0, 0.1) is 0 Å². The molecule has 0 aromatic carbocycles. The summed E-state index contributed by atoms with van der Waals surface area (Å²) < 4.78 is 0. The van der Waals surface area contributed by atoms with Gasteiger partial charge in [0.2, 0.25) is 11.8 Å². The molecule has 0 radical (unpaired) electrons. The molecule has 5 heteroatoms. The number of nitrogens with one attached hydrogen (secondary N) is 2. The quantitative estimate of drug-likeness (QED) is 0.578. The first kappa shape index (κ1) is 9.45. The number of likely N-dealkylation sites (N-methyl/N-ethyl adjacent to an activating group) is 1. The standard InChI is InChI=1S/C9H15N3O2/c1-12(6-2-3-6)9(14)7-4-11-8(13)5-10-7/h6-7,10H,2-5H2,1H3,(H,11,13). The molecule has 14 heavy (non-hydrogen) atoms. The van der Waals surface area contributed by atoms with E-state index < -0.39 is 0 Å². The monoisotopic (exact) mass is 197 g/mol. The first-order valence-electron chi connectivity index (χ1n) is 4.95. The Morgan fingerprint density at radius 1 is 1.50 bits per heavy atom. The Morgan fingerprint density at radius 3 is 2.71 bits per heavy atom. The minimum atomic E-state index is -0.238. The third-order valence-electron chi connectivity index (χ3n) is 2.75.